The van der Waals surface area contributed by atoms with Crippen LogP contribution in [0.5, 0.6) is 0 Å². The molecule has 0 aliphatic rings. The SMILES string of the molecule is c1ccc(-c2nc(-n3c4ccccc4c4cc(-c5ccc(-c6ccc7c(c6)c6ccccc6n7-c6ccccc6)c6ccccc56)c5ccccc5c43)nc3ccccc23)cc1. The summed E-state index contributed by atoms with van der Waals surface area (Å²) in [5.41, 5.74) is 13.5. The van der Waals surface area contributed by atoms with E-state index in [-0.39, 0.29) is 0 Å². The van der Waals surface area contributed by atoms with Gasteiger partial charge < -0.3 is 4.57 Å². The van der Waals surface area contributed by atoms with E-state index in [2.05, 4.69) is 221 Å². The molecule has 0 N–H and O–H groups in total. The lowest BCUT2D eigenvalue weighted by Gasteiger charge is -2.16. The highest BCUT2D eigenvalue weighted by molar-refractivity contribution is 6.23. The average molecular weight is 789 g/mol. The van der Waals surface area contributed by atoms with E-state index in [4.69, 9.17) is 9.97 Å². The van der Waals surface area contributed by atoms with Gasteiger partial charge in [-0.25, -0.2) is 9.97 Å². The number of nitrogens with zero attached hydrogens (tertiary/aromatic N) is 4. The van der Waals surface area contributed by atoms with Crippen LogP contribution in [0.15, 0.2) is 218 Å². The molecule has 10 aromatic carbocycles. The third kappa shape index (κ3) is 5.14. The lowest BCUT2D eigenvalue weighted by atomic mass is 9.89. The minimum Gasteiger partial charge on any atom is -0.309 e. The van der Waals surface area contributed by atoms with Gasteiger partial charge in [-0.3, -0.25) is 4.57 Å². The van der Waals surface area contributed by atoms with Gasteiger partial charge in [0.2, 0.25) is 5.95 Å². The van der Waals surface area contributed by atoms with Crippen molar-refractivity contribution in [2.24, 2.45) is 0 Å². The maximum atomic E-state index is 5.38. The third-order valence-corrected chi connectivity index (χ3v) is 12.7. The average Bonchev–Trinajstić information content (AvgIpc) is 3.86. The zero-order valence-electron chi connectivity index (χ0n) is 33.6. The van der Waals surface area contributed by atoms with Crippen LogP contribution in [0, 0.1) is 0 Å². The first-order valence-corrected chi connectivity index (χ1v) is 21.2. The smallest absolute Gasteiger partial charge is 0.235 e. The number of fused-ring (bicyclic) bond motifs is 10. The van der Waals surface area contributed by atoms with Crippen LogP contribution in [0.3, 0.4) is 0 Å². The summed E-state index contributed by atoms with van der Waals surface area (Å²) in [6.07, 6.45) is 0. The quantitative estimate of drug-likeness (QED) is 0.174. The predicted octanol–water partition coefficient (Wildman–Crippen LogP) is 15.1. The highest BCUT2D eigenvalue weighted by Gasteiger charge is 2.22. The van der Waals surface area contributed by atoms with E-state index in [9.17, 15) is 0 Å². The Labute approximate surface area is 357 Å². The molecule has 0 amide bonds. The lowest BCUT2D eigenvalue weighted by Crippen LogP contribution is -2.03. The molecule has 0 bridgehead atoms. The molecule has 0 saturated heterocycles. The van der Waals surface area contributed by atoms with E-state index in [1.165, 1.54) is 65.6 Å². The topological polar surface area (TPSA) is 35.6 Å². The zero-order valence-corrected chi connectivity index (χ0v) is 33.6. The van der Waals surface area contributed by atoms with Crippen molar-refractivity contribution in [1.29, 1.82) is 0 Å². The second-order valence-electron chi connectivity index (χ2n) is 16.1. The molecular formula is C58H36N4. The highest BCUT2D eigenvalue weighted by atomic mass is 15.2. The summed E-state index contributed by atoms with van der Waals surface area (Å²) in [5, 5.41) is 10.6. The van der Waals surface area contributed by atoms with Gasteiger partial charge in [0.1, 0.15) is 0 Å². The molecule has 0 saturated carbocycles. The number of para-hydroxylation sites is 4. The normalized spacial score (nSPS) is 11.9. The Morgan fingerprint density at radius 3 is 1.56 bits per heavy atom. The van der Waals surface area contributed by atoms with Crippen LogP contribution in [-0.4, -0.2) is 19.1 Å². The maximum Gasteiger partial charge on any atom is 0.235 e. The van der Waals surface area contributed by atoms with Crippen molar-refractivity contribution < 1.29 is 0 Å². The molecule has 0 radical (unpaired) electrons. The minimum absolute atomic E-state index is 0.658. The summed E-state index contributed by atoms with van der Waals surface area (Å²) in [7, 11) is 0. The van der Waals surface area contributed by atoms with E-state index >= 15 is 0 Å². The largest absolute Gasteiger partial charge is 0.309 e. The van der Waals surface area contributed by atoms with Crippen LogP contribution in [0.1, 0.15) is 0 Å². The predicted molar refractivity (Wildman–Crippen MR) is 260 cm³/mol. The van der Waals surface area contributed by atoms with Crippen molar-refractivity contribution in [2.75, 3.05) is 0 Å². The van der Waals surface area contributed by atoms with Crippen molar-refractivity contribution in [3.05, 3.63) is 218 Å². The third-order valence-electron chi connectivity index (χ3n) is 12.7. The van der Waals surface area contributed by atoms with E-state index in [0.29, 0.717) is 5.95 Å². The van der Waals surface area contributed by atoms with Crippen molar-refractivity contribution in [3.63, 3.8) is 0 Å². The van der Waals surface area contributed by atoms with Gasteiger partial charge in [0.25, 0.3) is 0 Å². The molecule has 0 aliphatic heterocycles. The van der Waals surface area contributed by atoms with Crippen molar-refractivity contribution in [3.8, 4) is 45.1 Å². The van der Waals surface area contributed by atoms with Gasteiger partial charge in [-0.1, -0.05) is 170 Å². The monoisotopic (exact) mass is 788 g/mol. The molecule has 0 spiro atoms. The summed E-state index contributed by atoms with van der Waals surface area (Å²) < 4.78 is 4.66. The van der Waals surface area contributed by atoms with Gasteiger partial charge in [0, 0.05) is 43.6 Å². The Kier molecular flexibility index (Phi) is 7.57. The molecule has 0 atom stereocenters. The molecule has 0 unspecified atom stereocenters. The zero-order chi connectivity index (χ0) is 40.7. The van der Waals surface area contributed by atoms with Crippen LogP contribution in [0.4, 0.5) is 0 Å². The van der Waals surface area contributed by atoms with E-state index in [0.717, 1.165) is 49.7 Å². The van der Waals surface area contributed by atoms with Gasteiger partial charge in [-0.2, -0.15) is 0 Å². The van der Waals surface area contributed by atoms with Crippen LogP contribution in [-0.2, 0) is 0 Å². The summed E-state index contributed by atoms with van der Waals surface area (Å²) in [6, 6.07) is 78.6. The summed E-state index contributed by atoms with van der Waals surface area (Å²) >= 11 is 0. The Morgan fingerprint density at radius 2 is 0.823 bits per heavy atom. The first kappa shape index (κ1) is 34.5. The van der Waals surface area contributed by atoms with Gasteiger partial charge in [-0.15, -0.1) is 0 Å². The maximum absolute atomic E-state index is 5.38. The van der Waals surface area contributed by atoms with E-state index < -0.39 is 0 Å². The van der Waals surface area contributed by atoms with Crippen LogP contribution < -0.4 is 0 Å². The minimum atomic E-state index is 0.658. The summed E-state index contributed by atoms with van der Waals surface area (Å²) in [4.78, 5) is 10.7. The fraction of sp³-hybridized carbons (Fsp3) is 0. The number of hydrogen-bond donors (Lipinski definition) is 0. The molecular weight excluding hydrogens is 753 g/mol. The van der Waals surface area contributed by atoms with Crippen LogP contribution >= 0.6 is 0 Å². The molecule has 4 nitrogen and oxygen atoms in total. The van der Waals surface area contributed by atoms with Crippen LogP contribution in [0.25, 0.3) is 121 Å². The second kappa shape index (κ2) is 13.6. The molecule has 3 heterocycles. The molecule has 288 valence electrons. The Bertz CT molecular complexity index is 3920. The van der Waals surface area contributed by atoms with Crippen molar-refractivity contribution in [1.82, 2.24) is 19.1 Å². The van der Waals surface area contributed by atoms with E-state index in [1.54, 1.807) is 0 Å². The van der Waals surface area contributed by atoms with Gasteiger partial charge in [-0.05, 0) is 86.9 Å². The molecule has 13 aromatic rings. The van der Waals surface area contributed by atoms with E-state index in [1.807, 2.05) is 6.07 Å². The molecule has 62 heavy (non-hydrogen) atoms. The Balaban J connectivity index is 1.04. The lowest BCUT2D eigenvalue weighted by molar-refractivity contribution is 1.02. The molecule has 4 heteroatoms. The first-order chi connectivity index (χ1) is 30.8. The first-order valence-electron chi connectivity index (χ1n) is 21.2. The number of rotatable bonds is 5. The van der Waals surface area contributed by atoms with Gasteiger partial charge >= 0.3 is 0 Å². The number of hydrogen-bond acceptors (Lipinski definition) is 2. The highest BCUT2D eigenvalue weighted by Crippen LogP contribution is 2.45. The number of benzene rings is 10. The van der Waals surface area contributed by atoms with Gasteiger partial charge in [0.05, 0.1) is 33.3 Å². The summed E-state index contributed by atoms with van der Waals surface area (Å²) in [6.45, 7) is 0. The molecule has 0 fully saturated rings. The van der Waals surface area contributed by atoms with Gasteiger partial charge in [0.15, 0.2) is 0 Å². The molecule has 3 aromatic heterocycles. The Morgan fingerprint density at radius 1 is 0.290 bits per heavy atom. The molecule has 0 aliphatic carbocycles. The fourth-order valence-corrected chi connectivity index (χ4v) is 10.0. The number of aromatic nitrogens is 4. The van der Waals surface area contributed by atoms with Crippen molar-refractivity contribution >= 4 is 76.1 Å². The van der Waals surface area contributed by atoms with Crippen LogP contribution in [0.2, 0.25) is 0 Å². The Hall–Kier alpha value is -8.34. The molecule has 13 rings (SSSR count). The summed E-state index contributed by atoms with van der Waals surface area (Å²) in [5.74, 6) is 0.658. The second-order valence-corrected chi connectivity index (χ2v) is 16.1. The fourth-order valence-electron chi connectivity index (χ4n) is 10.0. The van der Waals surface area contributed by atoms with Crippen molar-refractivity contribution in [2.45, 2.75) is 0 Å². The standard InChI is InChI=1S/C58H36N4/c1-3-17-37(18-4-1)56-48-27-11-14-28-52(48)59-58(60-56)62-54-30-16-13-25-46(54)51-36-49(43-23-9-10-26-47(43)57(51)62)44-33-32-40(41-21-7-8-22-42(41)44)38-31-34-55-50(35-38)45-24-12-15-29-53(45)61(55)39-19-5-2-6-20-39/h1-36H.